The minimum absolute atomic E-state index is 0.0307. The van der Waals surface area contributed by atoms with Crippen LogP contribution in [0.15, 0.2) is 53.4 Å². The second-order valence-corrected chi connectivity index (χ2v) is 7.94. The Balaban J connectivity index is 1.70. The first kappa shape index (κ1) is 18.5. The Bertz CT molecular complexity index is 808. The molecule has 0 unspecified atom stereocenters. The molecule has 0 fully saturated rings. The topological polar surface area (TPSA) is 61.4 Å². The average Bonchev–Trinajstić information content (AvgIpc) is 2.63. The van der Waals surface area contributed by atoms with E-state index in [9.17, 15) is 9.59 Å². The Morgan fingerprint density at radius 2 is 1.96 bits per heavy atom. The van der Waals surface area contributed by atoms with Crippen molar-refractivity contribution in [1.29, 1.82) is 0 Å². The fourth-order valence-corrected chi connectivity index (χ4v) is 3.85. The van der Waals surface area contributed by atoms with Gasteiger partial charge in [0.2, 0.25) is 5.91 Å². The number of hydrogen-bond donors (Lipinski definition) is 2. The maximum atomic E-state index is 12.6. The third-order valence-electron chi connectivity index (χ3n) is 4.44. The van der Waals surface area contributed by atoms with Gasteiger partial charge in [-0.3, -0.25) is 9.59 Å². The molecular weight excluding hydrogens is 346 g/mol. The maximum absolute atomic E-state index is 12.6. The molecule has 1 heterocycles. The van der Waals surface area contributed by atoms with Crippen molar-refractivity contribution in [2.24, 2.45) is 0 Å². The van der Waals surface area contributed by atoms with Gasteiger partial charge in [-0.2, -0.15) is 0 Å². The van der Waals surface area contributed by atoms with Crippen LogP contribution in [0.4, 0.5) is 5.69 Å². The number of anilines is 1. The normalized spacial score (nSPS) is 17.4. The van der Waals surface area contributed by atoms with Gasteiger partial charge < -0.3 is 15.5 Å². The number of likely N-dealkylation sites (N-methyl/N-ethyl adjacent to an activating group) is 1. The predicted molar refractivity (Wildman–Crippen MR) is 106 cm³/mol. The first-order valence-corrected chi connectivity index (χ1v) is 9.45. The van der Waals surface area contributed by atoms with Gasteiger partial charge in [0.1, 0.15) is 0 Å². The Morgan fingerprint density at radius 1 is 1.23 bits per heavy atom. The fraction of sp³-hybridized carbons (Fsp3) is 0.300. The van der Waals surface area contributed by atoms with Crippen LogP contribution in [0.25, 0.3) is 0 Å². The molecule has 0 bridgehead atoms. The molecule has 2 N–H and O–H groups in total. The Labute approximate surface area is 158 Å². The summed E-state index contributed by atoms with van der Waals surface area (Å²) in [5.74, 6) is -0.176. The molecule has 2 aromatic rings. The summed E-state index contributed by atoms with van der Waals surface area (Å²) in [7, 11) is 3.99. The van der Waals surface area contributed by atoms with Crippen LogP contribution in [0.5, 0.6) is 0 Å². The highest BCUT2D eigenvalue weighted by atomic mass is 32.2. The van der Waals surface area contributed by atoms with E-state index < -0.39 is 0 Å². The zero-order valence-electron chi connectivity index (χ0n) is 15.2. The number of fused-ring (bicyclic) bond motifs is 1. The zero-order chi connectivity index (χ0) is 18.7. The van der Waals surface area contributed by atoms with E-state index in [4.69, 9.17) is 0 Å². The van der Waals surface area contributed by atoms with Gasteiger partial charge in [-0.25, -0.2) is 0 Å². The van der Waals surface area contributed by atoms with Gasteiger partial charge in [-0.05, 0) is 44.8 Å². The summed E-state index contributed by atoms with van der Waals surface area (Å²) in [6.07, 6.45) is 0. The van der Waals surface area contributed by atoms with Gasteiger partial charge in [0.15, 0.2) is 0 Å². The molecule has 0 aromatic heterocycles. The molecule has 1 aliphatic heterocycles. The summed E-state index contributed by atoms with van der Waals surface area (Å²) in [6.45, 7) is 2.37. The average molecular weight is 369 g/mol. The van der Waals surface area contributed by atoms with Gasteiger partial charge in [-0.15, -0.1) is 11.8 Å². The molecule has 2 aromatic carbocycles. The number of nitrogens with one attached hydrogen (secondary N) is 2. The zero-order valence-corrected chi connectivity index (χ0v) is 16.0. The molecular formula is C20H23N3O2S. The lowest BCUT2D eigenvalue weighted by Gasteiger charge is -2.25. The van der Waals surface area contributed by atoms with Crippen molar-refractivity contribution in [3.8, 4) is 0 Å². The van der Waals surface area contributed by atoms with E-state index in [-0.39, 0.29) is 23.1 Å². The summed E-state index contributed by atoms with van der Waals surface area (Å²) in [4.78, 5) is 27.5. The SMILES string of the molecule is C[C@H]1Sc2ccc(C(=O)NC[C@@H](c3ccccc3)N(C)C)cc2NC1=O. The van der Waals surface area contributed by atoms with Crippen molar-refractivity contribution < 1.29 is 9.59 Å². The molecule has 0 radical (unpaired) electrons. The lowest BCUT2D eigenvalue weighted by Crippen LogP contribution is -2.34. The van der Waals surface area contributed by atoms with Gasteiger partial charge >= 0.3 is 0 Å². The summed E-state index contributed by atoms with van der Waals surface area (Å²) in [5.41, 5.74) is 2.41. The van der Waals surface area contributed by atoms with E-state index in [1.54, 1.807) is 12.1 Å². The summed E-state index contributed by atoms with van der Waals surface area (Å²) in [6, 6.07) is 15.6. The fourth-order valence-electron chi connectivity index (χ4n) is 2.92. The van der Waals surface area contributed by atoms with Gasteiger partial charge in [0.05, 0.1) is 17.0 Å². The first-order valence-electron chi connectivity index (χ1n) is 8.57. The van der Waals surface area contributed by atoms with Crippen LogP contribution in [0.1, 0.15) is 28.9 Å². The van der Waals surface area contributed by atoms with E-state index in [1.807, 2.05) is 45.3 Å². The number of carbonyl (C=O) groups excluding carboxylic acids is 2. The van der Waals surface area contributed by atoms with Crippen molar-refractivity contribution >= 4 is 29.3 Å². The van der Waals surface area contributed by atoms with Crippen LogP contribution in [0.3, 0.4) is 0 Å². The molecule has 0 spiro atoms. The Kier molecular flexibility index (Phi) is 5.64. The van der Waals surface area contributed by atoms with E-state index in [0.717, 1.165) is 10.5 Å². The Hall–Kier alpha value is -2.31. The smallest absolute Gasteiger partial charge is 0.251 e. The van der Waals surface area contributed by atoms with Gasteiger partial charge in [0, 0.05) is 17.0 Å². The highest BCUT2D eigenvalue weighted by molar-refractivity contribution is 8.00. The quantitative estimate of drug-likeness (QED) is 0.850. The van der Waals surface area contributed by atoms with Crippen molar-refractivity contribution in [2.75, 3.05) is 26.0 Å². The van der Waals surface area contributed by atoms with E-state index in [1.165, 1.54) is 11.8 Å². The second-order valence-electron chi connectivity index (χ2n) is 6.56. The monoisotopic (exact) mass is 369 g/mol. The molecule has 0 aliphatic carbocycles. The molecule has 1 aliphatic rings. The Morgan fingerprint density at radius 3 is 2.65 bits per heavy atom. The van der Waals surface area contributed by atoms with Gasteiger partial charge in [-0.1, -0.05) is 30.3 Å². The number of thioether (sulfide) groups is 1. The van der Waals surface area contributed by atoms with Crippen LogP contribution in [0.2, 0.25) is 0 Å². The molecule has 3 rings (SSSR count). The number of rotatable bonds is 5. The van der Waals surface area contributed by atoms with E-state index in [2.05, 4.69) is 27.7 Å². The van der Waals surface area contributed by atoms with Crippen molar-refractivity contribution in [2.45, 2.75) is 23.1 Å². The standard InChI is InChI=1S/C20H23N3O2S/c1-13-19(24)22-16-11-15(9-10-18(16)26-13)20(25)21-12-17(23(2)3)14-7-5-4-6-8-14/h4-11,13,17H,12H2,1-3H3,(H,21,25)(H,22,24)/t13-,17+/m1/s1. The number of amides is 2. The molecule has 26 heavy (non-hydrogen) atoms. The van der Waals surface area contributed by atoms with E-state index in [0.29, 0.717) is 17.8 Å². The lowest BCUT2D eigenvalue weighted by atomic mass is 10.1. The minimum atomic E-state index is -0.145. The molecule has 5 nitrogen and oxygen atoms in total. The second kappa shape index (κ2) is 7.93. The molecule has 2 atom stereocenters. The van der Waals surface area contributed by atoms with Crippen molar-refractivity contribution in [3.63, 3.8) is 0 Å². The van der Waals surface area contributed by atoms with Crippen LogP contribution >= 0.6 is 11.8 Å². The number of nitrogens with zero attached hydrogens (tertiary/aromatic N) is 1. The maximum Gasteiger partial charge on any atom is 0.251 e. The summed E-state index contributed by atoms with van der Waals surface area (Å²) in [5, 5.41) is 5.75. The lowest BCUT2D eigenvalue weighted by molar-refractivity contribution is -0.115. The van der Waals surface area contributed by atoms with Crippen LogP contribution in [-0.2, 0) is 4.79 Å². The highest BCUT2D eigenvalue weighted by Gasteiger charge is 2.24. The largest absolute Gasteiger partial charge is 0.350 e. The van der Waals surface area contributed by atoms with Crippen LogP contribution < -0.4 is 10.6 Å². The third kappa shape index (κ3) is 4.08. The molecule has 6 heteroatoms. The van der Waals surface area contributed by atoms with Crippen LogP contribution in [-0.4, -0.2) is 42.6 Å². The molecule has 0 saturated heterocycles. The summed E-state index contributed by atoms with van der Waals surface area (Å²) < 4.78 is 0. The van der Waals surface area contributed by atoms with Crippen molar-refractivity contribution in [1.82, 2.24) is 10.2 Å². The van der Waals surface area contributed by atoms with E-state index >= 15 is 0 Å². The number of hydrogen-bond acceptors (Lipinski definition) is 4. The molecule has 2 amide bonds. The summed E-state index contributed by atoms with van der Waals surface area (Å²) >= 11 is 1.51. The third-order valence-corrected chi connectivity index (χ3v) is 5.61. The predicted octanol–water partition coefficient (Wildman–Crippen LogP) is 3.15. The number of carbonyl (C=O) groups is 2. The number of benzene rings is 2. The van der Waals surface area contributed by atoms with Crippen LogP contribution in [0, 0.1) is 0 Å². The van der Waals surface area contributed by atoms with Crippen molar-refractivity contribution in [3.05, 3.63) is 59.7 Å². The highest BCUT2D eigenvalue weighted by Crippen LogP contribution is 2.35. The molecule has 0 saturated carbocycles. The van der Waals surface area contributed by atoms with Gasteiger partial charge in [0.25, 0.3) is 5.91 Å². The first-order chi connectivity index (χ1) is 12.5. The molecule has 136 valence electrons. The minimum Gasteiger partial charge on any atom is -0.350 e.